The Hall–Kier alpha value is -6.92. The van der Waals surface area contributed by atoms with Crippen molar-refractivity contribution < 1.29 is 28.5 Å². The number of rotatable bonds is 12. The van der Waals surface area contributed by atoms with E-state index in [1.807, 2.05) is 111 Å². The molecule has 0 bridgehead atoms. The first-order valence-electron chi connectivity index (χ1n) is 19.8. The molecule has 2 aliphatic rings. The summed E-state index contributed by atoms with van der Waals surface area (Å²) in [5.41, 5.74) is 10.9. The zero-order valence-electron chi connectivity index (χ0n) is 32.4. The van der Waals surface area contributed by atoms with Gasteiger partial charge in [0.05, 0.1) is 11.1 Å². The number of carbonyl (C=O) groups is 2. The minimum atomic E-state index is -0.555. The highest BCUT2D eigenvalue weighted by Crippen LogP contribution is 2.45. The van der Waals surface area contributed by atoms with E-state index in [1.54, 1.807) is 24.3 Å². The Balaban J connectivity index is 0.991. The molecule has 0 N–H and O–H groups in total. The summed E-state index contributed by atoms with van der Waals surface area (Å²) in [6, 6.07) is 50.8. The van der Waals surface area contributed by atoms with Crippen LogP contribution in [0.25, 0.3) is 22.3 Å². The molecule has 6 heteroatoms. The SMILES string of the molecule is CC(Cc1ccc2c(c1OC(=O)c1cccc(C(=O)Oc3c(CC(C)Oc4ccccc4)ccc4c3Cc3ccccc3-4)c1)Cc1ccccc1-2)Oc1ccccc1. The molecule has 0 radical (unpaired) electrons. The van der Waals surface area contributed by atoms with E-state index in [0.717, 1.165) is 56.0 Å². The molecular weight excluding hydrogens is 721 g/mol. The molecule has 9 rings (SSSR count). The fourth-order valence-electron chi connectivity index (χ4n) is 8.28. The van der Waals surface area contributed by atoms with Crippen molar-refractivity contribution in [3.05, 3.63) is 202 Å². The largest absolute Gasteiger partial charge is 0.490 e. The van der Waals surface area contributed by atoms with E-state index >= 15 is 0 Å². The molecule has 2 aliphatic carbocycles. The smallest absolute Gasteiger partial charge is 0.343 e. The lowest BCUT2D eigenvalue weighted by atomic mass is 9.98. The Morgan fingerprint density at radius 3 is 1.33 bits per heavy atom. The third-order valence-electron chi connectivity index (χ3n) is 10.9. The molecule has 6 nitrogen and oxygen atoms in total. The number of benzene rings is 7. The third-order valence-corrected chi connectivity index (χ3v) is 10.9. The van der Waals surface area contributed by atoms with Gasteiger partial charge in [-0.1, -0.05) is 115 Å². The van der Waals surface area contributed by atoms with Crippen LogP contribution in [0.2, 0.25) is 0 Å². The van der Waals surface area contributed by atoms with Crippen LogP contribution in [0.5, 0.6) is 23.0 Å². The fourth-order valence-corrected chi connectivity index (χ4v) is 8.28. The second-order valence-corrected chi connectivity index (χ2v) is 15.1. The maximum Gasteiger partial charge on any atom is 0.343 e. The van der Waals surface area contributed by atoms with Crippen LogP contribution in [0.3, 0.4) is 0 Å². The van der Waals surface area contributed by atoms with Crippen molar-refractivity contribution in [2.24, 2.45) is 0 Å². The number of hydrogen-bond donors (Lipinski definition) is 0. The monoisotopic (exact) mass is 762 g/mol. The Labute approximate surface area is 338 Å². The molecular formula is C52H42O6. The molecule has 286 valence electrons. The third kappa shape index (κ3) is 7.49. The van der Waals surface area contributed by atoms with E-state index in [1.165, 1.54) is 11.1 Å². The van der Waals surface area contributed by atoms with Crippen molar-refractivity contribution in [1.29, 1.82) is 0 Å². The average Bonchev–Trinajstić information content (AvgIpc) is 3.82. The Kier molecular flexibility index (Phi) is 10.1. The Bertz CT molecular complexity index is 2470. The molecule has 2 atom stereocenters. The number of fused-ring (bicyclic) bond motifs is 6. The van der Waals surface area contributed by atoms with Crippen molar-refractivity contribution in [1.82, 2.24) is 0 Å². The molecule has 58 heavy (non-hydrogen) atoms. The van der Waals surface area contributed by atoms with Gasteiger partial charge in [0.25, 0.3) is 0 Å². The summed E-state index contributed by atoms with van der Waals surface area (Å²) in [6.07, 6.45) is 1.96. The lowest BCUT2D eigenvalue weighted by Crippen LogP contribution is -2.19. The van der Waals surface area contributed by atoms with Gasteiger partial charge in [0.15, 0.2) is 0 Å². The minimum absolute atomic E-state index is 0.190. The van der Waals surface area contributed by atoms with E-state index in [9.17, 15) is 9.59 Å². The molecule has 0 spiro atoms. The van der Waals surface area contributed by atoms with Gasteiger partial charge in [-0.05, 0) is 101 Å². The molecule has 0 amide bonds. The van der Waals surface area contributed by atoms with Gasteiger partial charge in [-0.15, -0.1) is 0 Å². The number of hydrogen-bond acceptors (Lipinski definition) is 6. The molecule has 0 saturated carbocycles. The minimum Gasteiger partial charge on any atom is -0.490 e. The van der Waals surface area contributed by atoms with Gasteiger partial charge in [-0.3, -0.25) is 0 Å². The van der Waals surface area contributed by atoms with Crippen molar-refractivity contribution in [2.45, 2.75) is 51.7 Å². The molecule has 0 aliphatic heterocycles. The second kappa shape index (κ2) is 15.9. The summed E-state index contributed by atoms with van der Waals surface area (Å²) in [7, 11) is 0. The molecule has 0 aromatic heterocycles. The van der Waals surface area contributed by atoms with Crippen LogP contribution in [-0.2, 0) is 25.7 Å². The molecule has 7 aromatic carbocycles. The first-order valence-corrected chi connectivity index (χ1v) is 19.8. The lowest BCUT2D eigenvalue weighted by Gasteiger charge is -2.19. The van der Waals surface area contributed by atoms with Gasteiger partial charge in [-0.25, -0.2) is 9.59 Å². The molecule has 0 saturated heterocycles. The number of para-hydroxylation sites is 2. The molecule has 7 aromatic rings. The topological polar surface area (TPSA) is 71.1 Å². The van der Waals surface area contributed by atoms with Gasteiger partial charge in [0.1, 0.15) is 35.2 Å². The van der Waals surface area contributed by atoms with Crippen molar-refractivity contribution in [3.63, 3.8) is 0 Å². The van der Waals surface area contributed by atoms with Crippen LogP contribution >= 0.6 is 0 Å². The summed E-state index contributed by atoms with van der Waals surface area (Å²) in [4.78, 5) is 28.3. The van der Waals surface area contributed by atoms with E-state index in [2.05, 4.69) is 36.4 Å². The van der Waals surface area contributed by atoms with Crippen LogP contribution in [0.4, 0.5) is 0 Å². The maximum atomic E-state index is 14.1. The van der Waals surface area contributed by atoms with Crippen LogP contribution < -0.4 is 18.9 Å². The highest BCUT2D eigenvalue weighted by Gasteiger charge is 2.29. The van der Waals surface area contributed by atoms with Crippen molar-refractivity contribution in [3.8, 4) is 45.3 Å². The number of carbonyl (C=O) groups excluding carboxylic acids is 2. The summed E-state index contributed by atoms with van der Waals surface area (Å²) in [5, 5.41) is 0. The van der Waals surface area contributed by atoms with Crippen molar-refractivity contribution >= 4 is 11.9 Å². The van der Waals surface area contributed by atoms with Crippen molar-refractivity contribution in [2.75, 3.05) is 0 Å². The van der Waals surface area contributed by atoms with Gasteiger partial charge in [0.2, 0.25) is 0 Å². The van der Waals surface area contributed by atoms with Crippen LogP contribution in [0.1, 0.15) is 67.9 Å². The maximum absolute atomic E-state index is 14.1. The highest BCUT2D eigenvalue weighted by atomic mass is 16.5. The van der Waals surface area contributed by atoms with Gasteiger partial charge < -0.3 is 18.9 Å². The van der Waals surface area contributed by atoms with Crippen LogP contribution in [-0.4, -0.2) is 24.1 Å². The second-order valence-electron chi connectivity index (χ2n) is 15.1. The predicted molar refractivity (Wildman–Crippen MR) is 226 cm³/mol. The normalized spacial score (nSPS) is 13.0. The summed E-state index contributed by atoms with van der Waals surface area (Å²) in [6.45, 7) is 4.03. The van der Waals surface area contributed by atoms with Crippen LogP contribution in [0.15, 0.2) is 158 Å². The first-order chi connectivity index (χ1) is 28.4. The summed E-state index contributed by atoms with van der Waals surface area (Å²) < 4.78 is 25.2. The molecule has 2 unspecified atom stereocenters. The Morgan fingerprint density at radius 2 is 0.879 bits per heavy atom. The molecule has 0 heterocycles. The molecule has 0 fully saturated rings. The Morgan fingerprint density at radius 1 is 0.466 bits per heavy atom. The van der Waals surface area contributed by atoms with Gasteiger partial charge in [0, 0.05) is 36.8 Å². The zero-order chi connectivity index (χ0) is 39.6. The zero-order valence-corrected chi connectivity index (χ0v) is 32.4. The number of esters is 2. The average molecular weight is 763 g/mol. The van der Waals surface area contributed by atoms with E-state index in [0.29, 0.717) is 37.2 Å². The quantitative estimate of drug-likeness (QED) is 0.0912. The van der Waals surface area contributed by atoms with Gasteiger partial charge >= 0.3 is 11.9 Å². The predicted octanol–water partition coefficient (Wildman–Crippen LogP) is 11.3. The summed E-state index contributed by atoms with van der Waals surface area (Å²) in [5.74, 6) is 1.51. The van der Waals surface area contributed by atoms with Crippen LogP contribution in [0, 0.1) is 0 Å². The van der Waals surface area contributed by atoms with Gasteiger partial charge in [-0.2, -0.15) is 0 Å². The lowest BCUT2D eigenvalue weighted by molar-refractivity contribution is 0.0730. The highest BCUT2D eigenvalue weighted by molar-refractivity contribution is 5.98. The number of ether oxygens (including phenoxy) is 4. The van der Waals surface area contributed by atoms with E-state index in [4.69, 9.17) is 18.9 Å². The first kappa shape index (κ1) is 36.7. The van der Waals surface area contributed by atoms with E-state index < -0.39 is 11.9 Å². The van der Waals surface area contributed by atoms with E-state index in [-0.39, 0.29) is 23.3 Å². The standard InChI is InChI=1S/C52H42O6/c1-33(55-41-18-5-3-6-19-41)28-37-24-26-45-43-22-11-9-14-35(43)31-47(45)49(37)57-51(53)39-16-13-17-40(30-39)52(54)58-50-38(29-34(2)56-42-20-7-4-8-21-42)25-27-46-44-23-12-10-15-36(44)32-48(46)50/h3-27,30,33-34H,28-29,31-32H2,1-2H3. The summed E-state index contributed by atoms with van der Waals surface area (Å²) >= 11 is 0. The fraction of sp³-hybridized carbons (Fsp3) is 0.154.